The molecule has 0 bridgehead atoms. The molecular weight excluding hydrogens is 188 g/mol. The van der Waals surface area contributed by atoms with Crippen molar-refractivity contribution in [2.24, 2.45) is 0 Å². The first-order valence-electron chi connectivity index (χ1n) is 3.51. The predicted octanol–water partition coefficient (Wildman–Crippen LogP) is 0.903. The Morgan fingerprint density at radius 2 is 0.929 bits per heavy atom. The Bertz CT molecular complexity index is 169. The van der Waals surface area contributed by atoms with Gasteiger partial charge in [0.15, 0.2) is 0 Å². The molecule has 0 fully saturated rings. The summed E-state index contributed by atoms with van der Waals surface area (Å²) in [6, 6.07) is 0. The van der Waals surface area contributed by atoms with E-state index in [0.717, 1.165) is 7.11 Å². The molecule has 0 aromatic carbocycles. The molecule has 0 aromatic heterocycles. The van der Waals surface area contributed by atoms with Crippen LogP contribution in [0.4, 0.5) is 0 Å². The average Bonchev–Trinajstić information content (AvgIpc) is 2.08. The van der Waals surface area contributed by atoms with Gasteiger partial charge in [0.25, 0.3) is 0 Å². The van der Waals surface area contributed by atoms with E-state index < -0.39 is 11.9 Å². The van der Waals surface area contributed by atoms with Gasteiger partial charge in [0, 0.05) is 18.3 Å². The van der Waals surface area contributed by atoms with Crippen molar-refractivity contribution >= 4 is 11.9 Å². The lowest BCUT2D eigenvalue weighted by atomic mass is 10.4. The van der Waals surface area contributed by atoms with Gasteiger partial charge in [-0.15, -0.1) is 0 Å². The Labute approximate surface area is 83.0 Å². The largest absolute Gasteiger partial charge is 0.478 e. The first kappa shape index (κ1) is 18.2. The fourth-order valence-corrected chi connectivity index (χ4v) is 0. The molecule has 14 heavy (non-hydrogen) atoms. The zero-order valence-corrected chi connectivity index (χ0v) is 8.57. The van der Waals surface area contributed by atoms with Crippen molar-refractivity contribution in [1.29, 1.82) is 0 Å². The van der Waals surface area contributed by atoms with Crippen LogP contribution in [0.3, 0.4) is 0 Å². The molecule has 82 valence electrons. The minimum Gasteiger partial charge on any atom is -0.478 e. The number of rotatable bonds is 2. The standard InChI is InChI=1S/2C4H6O2.CH4O/c2*1-3(2)4(5)6;1-2/h2*1H2,2H3,(H,5,6);2H,1H3. The van der Waals surface area contributed by atoms with Crippen molar-refractivity contribution in [2.75, 3.05) is 7.11 Å². The summed E-state index contributed by atoms with van der Waals surface area (Å²) in [5, 5.41) is 22.8. The third kappa shape index (κ3) is 22.4. The van der Waals surface area contributed by atoms with E-state index in [1.54, 1.807) is 0 Å². The molecule has 0 atom stereocenters. The van der Waals surface area contributed by atoms with E-state index >= 15 is 0 Å². The van der Waals surface area contributed by atoms with Crippen LogP contribution in [0.25, 0.3) is 0 Å². The van der Waals surface area contributed by atoms with Crippen LogP contribution in [-0.2, 0) is 9.59 Å². The highest BCUT2D eigenvalue weighted by Gasteiger charge is 1.90. The second kappa shape index (κ2) is 11.4. The van der Waals surface area contributed by atoms with Gasteiger partial charge in [-0.3, -0.25) is 0 Å². The molecule has 0 aromatic rings. The lowest BCUT2D eigenvalue weighted by Crippen LogP contribution is -1.92. The van der Waals surface area contributed by atoms with Crippen molar-refractivity contribution in [3.8, 4) is 0 Å². The molecular formula is C9H16O5. The lowest BCUT2D eigenvalue weighted by molar-refractivity contribution is -0.133. The van der Waals surface area contributed by atoms with Gasteiger partial charge in [-0.25, -0.2) is 9.59 Å². The number of hydrogen-bond donors (Lipinski definition) is 3. The minimum atomic E-state index is -0.935. The average molecular weight is 204 g/mol. The summed E-state index contributed by atoms with van der Waals surface area (Å²) in [6.45, 7) is 9.20. The number of carboxylic acid groups (broad SMARTS) is 2. The number of carbonyl (C=O) groups is 2. The van der Waals surface area contributed by atoms with Crippen LogP contribution < -0.4 is 0 Å². The summed E-state index contributed by atoms with van der Waals surface area (Å²) in [4.78, 5) is 19.2. The van der Waals surface area contributed by atoms with E-state index in [9.17, 15) is 9.59 Å². The second-order valence-corrected chi connectivity index (χ2v) is 2.17. The summed E-state index contributed by atoms with van der Waals surface area (Å²) in [5.74, 6) is -1.87. The molecule has 0 aliphatic rings. The maximum absolute atomic E-state index is 9.60. The van der Waals surface area contributed by atoms with Gasteiger partial charge in [0.05, 0.1) is 0 Å². The monoisotopic (exact) mass is 204 g/mol. The maximum atomic E-state index is 9.60. The molecule has 5 heteroatoms. The first-order chi connectivity index (χ1) is 6.29. The van der Waals surface area contributed by atoms with Crippen LogP contribution in [-0.4, -0.2) is 34.4 Å². The molecule has 0 aliphatic carbocycles. The smallest absolute Gasteiger partial charge is 0.330 e. The highest BCUT2D eigenvalue weighted by Crippen LogP contribution is 1.81. The normalized spacial score (nSPS) is 6.86. The Balaban J connectivity index is -0.000000147. The predicted molar refractivity (Wildman–Crippen MR) is 53.0 cm³/mol. The summed E-state index contributed by atoms with van der Waals surface area (Å²) < 4.78 is 0. The van der Waals surface area contributed by atoms with Crippen molar-refractivity contribution in [1.82, 2.24) is 0 Å². The molecule has 0 aliphatic heterocycles. The van der Waals surface area contributed by atoms with Gasteiger partial charge >= 0.3 is 11.9 Å². The van der Waals surface area contributed by atoms with Crippen LogP contribution in [0, 0.1) is 0 Å². The van der Waals surface area contributed by atoms with Crippen LogP contribution in [0.15, 0.2) is 24.3 Å². The number of carboxylic acids is 2. The molecule has 0 radical (unpaired) electrons. The fourth-order valence-electron chi connectivity index (χ4n) is 0. The molecule has 0 heterocycles. The lowest BCUT2D eigenvalue weighted by Gasteiger charge is -1.79. The molecule has 0 rings (SSSR count). The van der Waals surface area contributed by atoms with Gasteiger partial charge in [-0.05, 0) is 13.8 Å². The number of aliphatic hydroxyl groups is 1. The van der Waals surface area contributed by atoms with Gasteiger partial charge in [-0.1, -0.05) is 13.2 Å². The van der Waals surface area contributed by atoms with Crippen molar-refractivity contribution in [3.63, 3.8) is 0 Å². The van der Waals surface area contributed by atoms with E-state index in [1.807, 2.05) is 0 Å². The van der Waals surface area contributed by atoms with E-state index in [0.29, 0.717) is 0 Å². The van der Waals surface area contributed by atoms with Crippen molar-refractivity contribution < 1.29 is 24.9 Å². The Kier molecular flexibility index (Phi) is 14.8. The van der Waals surface area contributed by atoms with Crippen LogP contribution in [0.2, 0.25) is 0 Å². The minimum absolute atomic E-state index is 0.176. The molecule has 5 nitrogen and oxygen atoms in total. The second-order valence-electron chi connectivity index (χ2n) is 2.17. The fraction of sp³-hybridized carbons (Fsp3) is 0.333. The molecule has 0 unspecified atom stereocenters. The van der Waals surface area contributed by atoms with E-state index in [-0.39, 0.29) is 11.1 Å². The molecule has 0 saturated heterocycles. The summed E-state index contributed by atoms with van der Waals surface area (Å²) >= 11 is 0. The van der Waals surface area contributed by atoms with Crippen LogP contribution >= 0.6 is 0 Å². The highest BCUT2D eigenvalue weighted by molar-refractivity contribution is 5.85. The van der Waals surface area contributed by atoms with Crippen molar-refractivity contribution in [2.45, 2.75) is 13.8 Å². The van der Waals surface area contributed by atoms with Gasteiger partial charge in [0.1, 0.15) is 0 Å². The van der Waals surface area contributed by atoms with E-state index in [2.05, 4.69) is 13.2 Å². The van der Waals surface area contributed by atoms with Gasteiger partial charge < -0.3 is 15.3 Å². The van der Waals surface area contributed by atoms with E-state index in [4.69, 9.17) is 15.3 Å². The summed E-state index contributed by atoms with van der Waals surface area (Å²) in [5.41, 5.74) is 0.352. The topological polar surface area (TPSA) is 94.8 Å². The van der Waals surface area contributed by atoms with Gasteiger partial charge in [0.2, 0.25) is 0 Å². The zero-order chi connectivity index (χ0) is 12.3. The first-order valence-corrected chi connectivity index (χ1v) is 3.51. The third-order valence-electron chi connectivity index (χ3n) is 0.730. The number of aliphatic hydroxyl groups excluding tert-OH is 1. The van der Waals surface area contributed by atoms with Crippen LogP contribution in [0.5, 0.6) is 0 Å². The number of aliphatic carboxylic acids is 2. The molecule has 0 amide bonds. The number of hydrogen-bond acceptors (Lipinski definition) is 3. The molecule has 3 N–H and O–H groups in total. The zero-order valence-electron chi connectivity index (χ0n) is 8.57. The third-order valence-corrected chi connectivity index (χ3v) is 0.730. The highest BCUT2D eigenvalue weighted by atomic mass is 16.4. The van der Waals surface area contributed by atoms with E-state index in [1.165, 1.54) is 13.8 Å². The Morgan fingerprint density at radius 3 is 0.929 bits per heavy atom. The van der Waals surface area contributed by atoms with Crippen LogP contribution in [0.1, 0.15) is 13.8 Å². The molecule has 0 saturated carbocycles. The summed E-state index contributed by atoms with van der Waals surface area (Å²) in [6.07, 6.45) is 0. The quantitative estimate of drug-likeness (QED) is 0.581. The summed E-state index contributed by atoms with van der Waals surface area (Å²) in [7, 11) is 1.00. The van der Waals surface area contributed by atoms with Crippen molar-refractivity contribution in [3.05, 3.63) is 24.3 Å². The maximum Gasteiger partial charge on any atom is 0.330 e. The molecule has 0 spiro atoms. The van der Waals surface area contributed by atoms with Gasteiger partial charge in [-0.2, -0.15) is 0 Å². The SMILES string of the molecule is C=C(C)C(=O)O.C=C(C)C(=O)O.CO. The Hall–Kier alpha value is -1.62. The Morgan fingerprint density at radius 1 is 0.857 bits per heavy atom.